The van der Waals surface area contributed by atoms with Crippen molar-refractivity contribution >= 4 is 5.91 Å². The van der Waals surface area contributed by atoms with E-state index in [2.05, 4.69) is 9.88 Å². The molecule has 2 heterocycles. The second-order valence-electron chi connectivity index (χ2n) is 5.77. The number of nitrogens with zero attached hydrogens (tertiary/aromatic N) is 3. The molecule has 0 radical (unpaired) electrons. The molecule has 0 saturated carbocycles. The van der Waals surface area contributed by atoms with Crippen molar-refractivity contribution in [3.63, 3.8) is 0 Å². The molecule has 0 N–H and O–H groups in total. The van der Waals surface area contributed by atoms with E-state index in [0.717, 1.165) is 18.7 Å². The summed E-state index contributed by atoms with van der Waals surface area (Å²) in [6.07, 6.45) is 3.25. The lowest BCUT2D eigenvalue weighted by Crippen LogP contribution is -2.48. The number of pyridine rings is 1. The van der Waals surface area contributed by atoms with E-state index in [1.165, 1.54) is 13.2 Å². The summed E-state index contributed by atoms with van der Waals surface area (Å²) in [4.78, 5) is 20.4. The van der Waals surface area contributed by atoms with Crippen LogP contribution in [0, 0.1) is 5.82 Å². The van der Waals surface area contributed by atoms with Gasteiger partial charge < -0.3 is 9.64 Å². The summed E-state index contributed by atoms with van der Waals surface area (Å²) in [5.41, 5.74) is 1.57. The van der Waals surface area contributed by atoms with Crippen molar-refractivity contribution in [1.29, 1.82) is 0 Å². The molecule has 1 aliphatic heterocycles. The quantitative estimate of drug-likeness (QED) is 0.863. The van der Waals surface area contributed by atoms with Gasteiger partial charge in [-0.2, -0.15) is 0 Å². The zero-order valence-electron chi connectivity index (χ0n) is 13.6. The smallest absolute Gasteiger partial charge is 0.254 e. The molecular weight excluding hydrogens is 309 g/mol. The zero-order chi connectivity index (χ0) is 16.9. The van der Waals surface area contributed by atoms with Gasteiger partial charge in [0.2, 0.25) is 0 Å². The van der Waals surface area contributed by atoms with Crippen molar-refractivity contribution in [2.24, 2.45) is 0 Å². The van der Waals surface area contributed by atoms with Crippen LogP contribution in [-0.4, -0.2) is 54.0 Å². The third kappa shape index (κ3) is 3.71. The lowest BCUT2D eigenvalue weighted by molar-refractivity contribution is 0.0628. The summed E-state index contributed by atoms with van der Waals surface area (Å²) < 4.78 is 18.7. The van der Waals surface area contributed by atoms with Gasteiger partial charge >= 0.3 is 0 Å². The molecule has 6 heteroatoms. The highest BCUT2D eigenvalue weighted by Gasteiger charge is 2.22. The van der Waals surface area contributed by atoms with E-state index in [4.69, 9.17) is 4.74 Å². The van der Waals surface area contributed by atoms with Crippen molar-refractivity contribution in [2.45, 2.75) is 6.54 Å². The molecule has 0 aliphatic carbocycles. The fourth-order valence-corrected chi connectivity index (χ4v) is 2.85. The number of piperazine rings is 1. The summed E-state index contributed by atoms with van der Waals surface area (Å²) in [7, 11) is 1.46. The number of carbonyl (C=O) groups is 1. The van der Waals surface area contributed by atoms with Crippen LogP contribution in [-0.2, 0) is 6.54 Å². The van der Waals surface area contributed by atoms with Crippen molar-refractivity contribution in [3.8, 4) is 5.75 Å². The maximum absolute atomic E-state index is 13.8. The lowest BCUT2D eigenvalue weighted by atomic mass is 10.1. The van der Waals surface area contributed by atoms with Gasteiger partial charge in [-0.05, 0) is 29.8 Å². The van der Waals surface area contributed by atoms with Gasteiger partial charge in [0.1, 0.15) is 0 Å². The van der Waals surface area contributed by atoms with E-state index < -0.39 is 0 Å². The summed E-state index contributed by atoms with van der Waals surface area (Å²) in [5.74, 6) is -0.0550. The fourth-order valence-electron chi connectivity index (χ4n) is 2.85. The highest BCUT2D eigenvalue weighted by molar-refractivity contribution is 5.94. The molecule has 0 unspecified atom stereocenters. The minimum Gasteiger partial charge on any atom is -0.494 e. The number of benzene rings is 1. The Morgan fingerprint density at radius 2 is 1.88 bits per heavy atom. The molecule has 126 valence electrons. The molecule has 1 saturated heterocycles. The van der Waals surface area contributed by atoms with Gasteiger partial charge in [0, 0.05) is 50.7 Å². The summed E-state index contributed by atoms with van der Waals surface area (Å²) in [6.45, 7) is 3.53. The van der Waals surface area contributed by atoms with E-state index in [9.17, 15) is 9.18 Å². The highest BCUT2D eigenvalue weighted by Crippen LogP contribution is 2.19. The Kier molecular flexibility index (Phi) is 5.05. The third-order valence-electron chi connectivity index (χ3n) is 4.21. The van der Waals surface area contributed by atoms with Gasteiger partial charge in [-0.25, -0.2) is 4.39 Å². The predicted octanol–water partition coefficient (Wildman–Crippen LogP) is 2.19. The molecule has 2 aromatic rings. The van der Waals surface area contributed by atoms with E-state index in [1.54, 1.807) is 30.6 Å². The number of carbonyl (C=O) groups excluding carboxylic acids is 1. The number of hydrogen-bond donors (Lipinski definition) is 0. The standard InChI is InChI=1S/C18H20FN3O2/c1-24-17-3-2-14(12-16(17)19)13-21-8-10-22(11-9-21)18(23)15-4-6-20-7-5-15/h2-7,12H,8-11,13H2,1H3. The Morgan fingerprint density at radius 1 is 1.17 bits per heavy atom. The van der Waals surface area contributed by atoms with Crippen LogP contribution < -0.4 is 4.74 Å². The molecular formula is C18H20FN3O2. The van der Waals surface area contributed by atoms with E-state index in [1.807, 2.05) is 11.0 Å². The first kappa shape index (κ1) is 16.4. The number of ether oxygens (including phenoxy) is 1. The van der Waals surface area contributed by atoms with Crippen molar-refractivity contribution in [3.05, 3.63) is 59.7 Å². The van der Waals surface area contributed by atoms with E-state index in [-0.39, 0.29) is 17.5 Å². The lowest BCUT2D eigenvalue weighted by Gasteiger charge is -2.34. The minimum absolute atomic E-state index is 0.0348. The Balaban J connectivity index is 1.55. The van der Waals surface area contributed by atoms with Crippen LogP contribution in [0.3, 0.4) is 0 Å². The molecule has 1 aliphatic rings. The highest BCUT2D eigenvalue weighted by atomic mass is 19.1. The summed E-state index contributed by atoms with van der Waals surface area (Å²) >= 11 is 0. The van der Waals surface area contributed by atoms with Crippen LogP contribution in [0.1, 0.15) is 15.9 Å². The predicted molar refractivity (Wildman–Crippen MR) is 88.4 cm³/mol. The van der Waals surface area contributed by atoms with Crippen LogP contribution in [0.4, 0.5) is 4.39 Å². The normalized spacial score (nSPS) is 15.3. The number of halogens is 1. The number of aromatic nitrogens is 1. The molecule has 24 heavy (non-hydrogen) atoms. The summed E-state index contributed by atoms with van der Waals surface area (Å²) in [6, 6.07) is 8.49. The van der Waals surface area contributed by atoms with Gasteiger partial charge in [-0.15, -0.1) is 0 Å². The van der Waals surface area contributed by atoms with Gasteiger partial charge in [-0.1, -0.05) is 6.07 Å². The molecule has 1 aromatic heterocycles. The Bertz CT molecular complexity index is 701. The van der Waals surface area contributed by atoms with Crippen LogP contribution in [0.2, 0.25) is 0 Å². The fraction of sp³-hybridized carbons (Fsp3) is 0.333. The number of amides is 1. The molecule has 0 atom stereocenters. The number of methoxy groups -OCH3 is 1. The number of hydrogen-bond acceptors (Lipinski definition) is 4. The Labute approximate surface area is 140 Å². The van der Waals surface area contributed by atoms with Gasteiger partial charge in [-0.3, -0.25) is 14.7 Å². The van der Waals surface area contributed by atoms with Gasteiger partial charge in [0.15, 0.2) is 11.6 Å². The third-order valence-corrected chi connectivity index (χ3v) is 4.21. The van der Waals surface area contributed by atoms with Gasteiger partial charge in [0.25, 0.3) is 5.91 Å². The van der Waals surface area contributed by atoms with Crippen molar-refractivity contribution in [2.75, 3.05) is 33.3 Å². The molecule has 0 bridgehead atoms. The first-order chi connectivity index (χ1) is 11.7. The average molecular weight is 329 g/mol. The van der Waals surface area contributed by atoms with Crippen LogP contribution in [0.5, 0.6) is 5.75 Å². The Morgan fingerprint density at radius 3 is 2.50 bits per heavy atom. The average Bonchev–Trinajstić information content (AvgIpc) is 2.63. The van der Waals surface area contributed by atoms with Crippen molar-refractivity contribution in [1.82, 2.24) is 14.8 Å². The first-order valence-electron chi connectivity index (χ1n) is 7.91. The second-order valence-corrected chi connectivity index (χ2v) is 5.77. The van der Waals surface area contributed by atoms with Gasteiger partial charge in [0.05, 0.1) is 7.11 Å². The topological polar surface area (TPSA) is 45.7 Å². The van der Waals surface area contributed by atoms with Crippen LogP contribution in [0.15, 0.2) is 42.7 Å². The zero-order valence-corrected chi connectivity index (χ0v) is 13.6. The number of rotatable bonds is 4. The summed E-state index contributed by atoms with van der Waals surface area (Å²) in [5, 5.41) is 0. The van der Waals surface area contributed by atoms with E-state index >= 15 is 0 Å². The molecule has 1 fully saturated rings. The maximum atomic E-state index is 13.8. The van der Waals surface area contributed by atoms with E-state index in [0.29, 0.717) is 25.2 Å². The molecule has 0 spiro atoms. The Hall–Kier alpha value is -2.47. The van der Waals surface area contributed by atoms with Crippen LogP contribution >= 0.6 is 0 Å². The van der Waals surface area contributed by atoms with Crippen molar-refractivity contribution < 1.29 is 13.9 Å². The molecule has 1 amide bonds. The second kappa shape index (κ2) is 7.40. The SMILES string of the molecule is COc1ccc(CN2CCN(C(=O)c3ccncc3)CC2)cc1F. The van der Waals surface area contributed by atoms with Crippen LogP contribution in [0.25, 0.3) is 0 Å². The molecule has 5 nitrogen and oxygen atoms in total. The largest absolute Gasteiger partial charge is 0.494 e. The monoisotopic (exact) mass is 329 g/mol. The molecule has 1 aromatic carbocycles. The molecule has 3 rings (SSSR count). The minimum atomic E-state index is -0.346. The maximum Gasteiger partial charge on any atom is 0.254 e. The first-order valence-corrected chi connectivity index (χ1v) is 7.91.